The fraction of sp³-hybridized carbons (Fsp3) is 1.00. The molecular formula is C6H14N2O2S. The molecule has 1 unspecified atom stereocenters. The Morgan fingerprint density at radius 3 is 2.82 bits per heavy atom. The molecule has 0 aromatic heterocycles. The number of hydrogen-bond acceptors (Lipinski definition) is 4. The summed E-state index contributed by atoms with van der Waals surface area (Å²) in [6, 6.07) is 0.165. The van der Waals surface area contributed by atoms with E-state index in [2.05, 4.69) is 0 Å². The van der Waals surface area contributed by atoms with E-state index in [1.807, 2.05) is 4.90 Å². The van der Waals surface area contributed by atoms with E-state index in [0.717, 1.165) is 25.9 Å². The molecule has 1 aliphatic heterocycles. The summed E-state index contributed by atoms with van der Waals surface area (Å²) in [5.74, 6) is 0.170. The molecule has 2 N–H and O–H groups in total. The summed E-state index contributed by atoms with van der Waals surface area (Å²) in [6.07, 6.45) is 2.04. The molecule has 1 fully saturated rings. The minimum Gasteiger partial charge on any atom is -0.327 e. The summed E-state index contributed by atoms with van der Waals surface area (Å²) < 4.78 is 20.7. The first-order valence-corrected chi connectivity index (χ1v) is 5.14. The highest BCUT2D eigenvalue weighted by Gasteiger charge is 2.16. The molecule has 0 bridgehead atoms. The standard InChI is InChI=1S/C6H14N2O2S/c7-6-2-1-3-8(4-6)5-11(9)10/h6,11H,1-5,7H2. The number of piperidine rings is 1. The zero-order valence-electron chi connectivity index (χ0n) is 6.40. The fourth-order valence-electron chi connectivity index (χ4n) is 1.38. The van der Waals surface area contributed by atoms with Crippen LogP contribution in [0.4, 0.5) is 0 Å². The van der Waals surface area contributed by atoms with Crippen LogP contribution in [0, 0.1) is 0 Å². The fourth-order valence-corrected chi connectivity index (χ4v) is 1.97. The zero-order chi connectivity index (χ0) is 8.27. The summed E-state index contributed by atoms with van der Waals surface area (Å²) in [7, 11) is -2.27. The van der Waals surface area contributed by atoms with Gasteiger partial charge < -0.3 is 5.73 Å². The molecule has 0 amide bonds. The molecule has 1 rings (SSSR count). The predicted molar refractivity (Wildman–Crippen MR) is 44.0 cm³/mol. The largest absolute Gasteiger partial charge is 0.327 e. The monoisotopic (exact) mass is 178 g/mol. The van der Waals surface area contributed by atoms with Crippen LogP contribution in [-0.2, 0) is 10.7 Å². The van der Waals surface area contributed by atoms with Gasteiger partial charge in [-0.25, -0.2) is 8.42 Å². The SMILES string of the molecule is NC1CCCN(C[SH](=O)=O)C1. The van der Waals surface area contributed by atoms with Crippen molar-refractivity contribution in [3.8, 4) is 0 Å². The topological polar surface area (TPSA) is 63.4 Å². The number of thiol groups is 1. The van der Waals surface area contributed by atoms with Crippen LogP contribution >= 0.6 is 0 Å². The van der Waals surface area contributed by atoms with Gasteiger partial charge >= 0.3 is 0 Å². The molecule has 1 aliphatic rings. The van der Waals surface area contributed by atoms with Gasteiger partial charge in [-0.2, -0.15) is 0 Å². The molecule has 1 heterocycles. The number of nitrogens with two attached hydrogens (primary N) is 1. The van der Waals surface area contributed by atoms with Crippen LogP contribution < -0.4 is 5.73 Å². The molecule has 5 heteroatoms. The third kappa shape index (κ3) is 3.18. The van der Waals surface area contributed by atoms with Crippen molar-refractivity contribution < 1.29 is 8.42 Å². The number of hydrogen-bond donors (Lipinski definition) is 2. The van der Waals surface area contributed by atoms with Crippen molar-refractivity contribution in [2.24, 2.45) is 5.73 Å². The minimum absolute atomic E-state index is 0.165. The highest BCUT2D eigenvalue weighted by atomic mass is 32.2. The van der Waals surface area contributed by atoms with Gasteiger partial charge in [0.2, 0.25) is 0 Å². The summed E-state index contributed by atoms with van der Waals surface area (Å²) in [5.41, 5.74) is 5.66. The van der Waals surface area contributed by atoms with Crippen molar-refractivity contribution in [1.29, 1.82) is 0 Å². The second-order valence-electron chi connectivity index (χ2n) is 2.95. The molecule has 1 saturated heterocycles. The van der Waals surface area contributed by atoms with Crippen molar-refractivity contribution in [2.75, 3.05) is 19.0 Å². The van der Waals surface area contributed by atoms with Crippen LogP contribution in [0.5, 0.6) is 0 Å². The van der Waals surface area contributed by atoms with Gasteiger partial charge in [0.1, 0.15) is 0 Å². The highest BCUT2D eigenvalue weighted by Crippen LogP contribution is 2.06. The lowest BCUT2D eigenvalue weighted by atomic mass is 10.1. The third-order valence-electron chi connectivity index (χ3n) is 1.86. The Morgan fingerprint density at radius 1 is 1.55 bits per heavy atom. The van der Waals surface area contributed by atoms with E-state index in [1.165, 1.54) is 0 Å². The summed E-state index contributed by atoms with van der Waals surface area (Å²) >= 11 is 0. The molecule has 0 aromatic carbocycles. The van der Waals surface area contributed by atoms with Crippen molar-refractivity contribution in [2.45, 2.75) is 18.9 Å². The van der Waals surface area contributed by atoms with Crippen molar-refractivity contribution >= 4 is 10.7 Å². The van der Waals surface area contributed by atoms with Gasteiger partial charge in [0.15, 0.2) is 10.7 Å². The molecule has 1 atom stereocenters. The Bertz CT molecular complexity index is 185. The third-order valence-corrected chi connectivity index (χ3v) is 2.49. The van der Waals surface area contributed by atoms with E-state index in [4.69, 9.17) is 5.73 Å². The molecule has 0 aliphatic carbocycles. The van der Waals surface area contributed by atoms with Crippen LogP contribution in [-0.4, -0.2) is 38.3 Å². The maximum Gasteiger partial charge on any atom is 0.153 e. The normalized spacial score (nSPS) is 27.6. The quantitative estimate of drug-likeness (QED) is 0.531. The smallest absolute Gasteiger partial charge is 0.153 e. The number of likely N-dealkylation sites (tertiary alicyclic amines) is 1. The maximum absolute atomic E-state index is 10.3. The average molecular weight is 178 g/mol. The first-order chi connectivity index (χ1) is 5.18. The van der Waals surface area contributed by atoms with Gasteiger partial charge in [-0.3, -0.25) is 4.90 Å². The van der Waals surface area contributed by atoms with E-state index < -0.39 is 10.7 Å². The van der Waals surface area contributed by atoms with E-state index in [0.29, 0.717) is 0 Å². The first kappa shape index (κ1) is 8.96. The minimum atomic E-state index is -2.27. The molecule has 0 aromatic rings. The van der Waals surface area contributed by atoms with Gasteiger partial charge in [-0.15, -0.1) is 0 Å². The molecule has 11 heavy (non-hydrogen) atoms. The van der Waals surface area contributed by atoms with Gasteiger partial charge in [0.05, 0.1) is 5.88 Å². The van der Waals surface area contributed by atoms with Gasteiger partial charge in [-0.1, -0.05) is 0 Å². The van der Waals surface area contributed by atoms with Crippen LogP contribution in [0.2, 0.25) is 0 Å². The zero-order valence-corrected chi connectivity index (χ0v) is 7.30. The molecule has 4 nitrogen and oxygen atoms in total. The predicted octanol–water partition coefficient (Wildman–Crippen LogP) is -1.02. The van der Waals surface area contributed by atoms with Gasteiger partial charge in [-0.05, 0) is 19.4 Å². The second kappa shape index (κ2) is 4.04. The summed E-state index contributed by atoms with van der Waals surface area (Å²) in [5, 5.41) is 0. The van der Waals surface area contributed by atoms with Crippen molar-refractivity contribution in [1.82, 2.24) is 4.90 Å². The number of rotatable bonds is 2. The molecule has 0 saturated carbocycles. The first-order valence-electron chi connectivity index (χ1n) is 3.78. The molecular weight excluding hydrogens is 164 g/mol. The Balaban J connectivity index is 2.34. The lowest BCUT2D eigenvalue weighted by Crippen LogP contribution is -2.43. The summed E-state index contributed by atoms with van der Waals surface area (Å²) in [6.45, 7) is 1.60. The van der Waals surface area contributed by atoms with Crippen LogP contribution in [0.1, 0.15) is 12.8 Å². The Morgan fingerprint density at radius 2 is 2.27 bits per heavy atom. The molecule has 66 valence electrons. The summed E-state index contributed by atoms with van der Waals surface area (Å²) in [4.78, 5) is 1.89. The van der Waals surface area contributed by atoms with Gasteiger partial charge in [0.25, 0.3) is 0 Å². The van der Waals surface area contributed by atoms with Crippen LogP contribution in [0.25, 0.3) is 0 Å². The average Bonchev–Trinajstić information content (AvgIpc) is 1.85. The molecule has 0 radical (unpaired) electrons. The van der Waals surface area contributed by atoms with Crippen molar-refractivity contribution in [3.63, 3.8) is 0 Å². The lowest BCUT2D eigenvalue weighted by Gasteiger charge is -2.28. The second-order valence-corrected chi connectivity index (χ2v) is 3.90. The Kier molecular flexibility index (Phi) is 3.29. The Hall–Kier alpha value is -0.130. The van der Waals surface area contributed by atoms with Crippen LogP contribution in [0.3, 0.4) is 0 Å². The van der Waals surface area contributed by atoms with Crippen molar-refractivity contribution in [3.05, 3.63) is 0 Å². The van der Waals surface area contributed by atoms with E-state index in [-0.39, 0.29) is 11.9 Å². The van der Waals surface area contributed by atoms with E-state index in [9.17, 15) is 8.42 Å². The van der Waals surface area contributed by atoms with Gasteiger partial charge in [0, 0.05) is 12.6 Å². The lowest BCUT2D eigenvalue weighted by molar-refractivity contribution is 0.239. The maximum atomic E-state index is 10.3. The Labute approximate surface area is 68.3 Å². The van der Waals surface area contributed by atoms with E-state index in [1.54, 1.807) is 0 Å². The van der Waals surface area contributed by atoms with Crippen LogP contribution in [0.15, 0.2) is 0 Å². The van der Waals surface area contributed by atoms with E-state index >= 15 is 0 Å². The molecule has 0 spiro atoms. The highest BCUT2D eigenvalue weighted by molar-refractivity contribution is 7.72. The number of nitrogens with zero attached hydrogens (tertiary/aromatic N) is 1.